The number of Topliss-reactive ketones (excluding diaryl/α,β-unsaturated/α-hetero) is 1. The predicted molar refractivity (Wildman–Crippen MR) is 140 cm³/mol. The molecule has 0 aromatic heterocycles. The number of carbonyl (C=O) groups excluding carboxylic acids is 2. The minimum Gasteiger partial charge on any atom is -0.507 e. The van der Waals surface area contributed by atoms with Crippen LogP contribution in [0.15, 0.2) is 66.2 Å². The highest BCUT2D eigenvalue weighted by Crippen LogP contribution is 2.44. The van der Waals surface area contributed by atoms with Crippen molar-refractivity contribution in [2.24, 2.45) is 0 Å². The molecule has 1 atom stereocenters. The SMILES string of the molecule is CCOc1cc(C2/C(=C(/O)c3ccc(OC)c(C)c3)C(=O)C(=O)N2c2ccc(OC)cc2)ccc1OC. The van der Waals surface area contributed by atoms with Crippen LogP contribution < -0.4 is 23.8 Å². The Morgan fingerprint density at radius 2 is 1.54 bits per heavy atom. The van der Waals surface area contributed by atoms with Gasteiger partial charge in [-0.3, -0.25) is 14.5 Å². The number of nitrogens with zero attached hydrogens (tertiary/aromatic N) is 1. The maximum absolute atomic E-state index is 13.4. The van der Waals surface area contributed by atoms with E-state index in [0.717, 1.165) is 5.56 Å². The topological polar surface area (TPSA) is 94.5 Å². The van der Waals surface area contributed by atoms with E-state index in [1.54, 1.807) is 74.9 Å². The molecule has 0 saturated carbocycles. The molecule has 1 unspecified atom stereocenters. The maximum atomic E-state index is 13.4. The first-order chi connectivity index (χ1) is 17.8. The normalized spacial score (nSPS) is 16.6. The van der Waals surface area contributed by atoms with E-state index in [9.17, 15) is 14.7 Å². The average Bonchev–Trinajstić information content (AvgIpc) is 3.18. The lowest BCUT2D eigenvalue weighted by molar-refractivity contribution is -0.132. The van der Waals surface area contributed by atoms with Gasteiger partial charge in [-0.25, -0.2) is 0 Å². The molecule has 1 amide bonds. The summed E-state index contributed by atoms with van der Waals surface area (Å²) in [4.78, 5) is 28.2. The van der Waals surface area contributed by atoms with Crippen LogP contribution >= 0.6 is 0 Å². The van der Waals surface area contributed by atoms with Gasteiger partial charge in [0.2, 0.25) is 0 Å². The van der Waals surface area contributed by atoms with E-state index in [-0.39, 0.29) is 11.3 Å². The second-order valence-electron chi connectivity index (χ2n) is 8.39. The van der Waals surface area contributed by atoms with Crippen molar-refractivity contribution >= 4 is 23.1 Å². The van der Waals surface area contributed by atoms with Crippen LogP contribution in [0.1, 0.15) is 29.7 Å². The molecule has 0 radical (unpaired) electrons. The molecule has 0 aliphatic carbocycles. The number of amides is 1. The van der Waals surface area contributed by atoms with Gasteiger partial charge in [0, 0.05) is 11.3 Å². The molecule has 0 bridgehead atoms. The second-order valence-corrected chi connectivity index (χ2v) is 8.39. The van der Waals surface area contributed by atoms with Crippen LogP contribution in [0.3, 0.4) is 0 Å². The van der Waals surface area contributed by atoms with Gasteiger partial charge in [-0.15, -0.1) is 0 Å². The van der Waals surface area contributed by atoms with Gasteiger partial charge in [-0.1, -0.05) is 6.07 Å². The number of benzene rings is 3. The fourth-order valence-corrected chi connectivity index (χ4v) is 4.47. The number of ketones is 1. The number of hydrogen-bond donors (Lipinski definition) is 1. The van der Waals surface area contributed by atoms with Crippen molar-refractivity contribution < 1.29 is 33.6 Å². The van der Waals surface area contributed by atoms with Crippen molar-refractivity contribution in [3.05, 3.63) is 82.9 Å². The van der Waals surface area contributed by atoms with Crippen LogP contribution in [-0.2, 0) is 9.59 Å². The molecular weight excluding hydrogens is 474 g/mol. The Morgan fingerprint density at radius 1 is 0.865 bits per heavy atom. The van der Waals surface area contributed by atoms with Crippen molar-refractivity contribution in [2.75, 3.05) is 32.8 Å². The lowest BCUT2D eigenvalue weighted by Crippen LogP contribution is -2.29. The minimum atomic E-state index is -0.916. The Kier molecular flexibility index (Phi) is 7.38. The Labute approximate surface area is 215 Å². The van der Waals surface area contributed by atoms with Crippen LogP contribution in [0.5, 0.6) is 23.0 Å². The summed E-state index contributed by atoms with van der Waals surface area (Å²) >= 11 is 0. The third-order valence-electron chi connectivity index (χ3n) is 6.27. The molecule has 1 aliphatic rings. The first-order valence-electron chi connectivity index (χ1n) is 11.7. The summed E-state index contributed by atoms with van der Waals surface area (Å²) < 4.78 is 21.7. The second kappa shape index (κ2) is 10.7. The Bertz CT molecular complexity index is 1360. The summed E-state index contributed by atoms with van der Waals surface area (Å²) in [5, 5.41) is 11.4. The van der Waals surface area contributed by atoms with Gasteiger partial charge in [0.15, 0.2) is 11.5 Å². The Hall–Kier alpha value is -4.46. The van der Waals surface area contributed by atoms with E-state index in [2.05, 4.69) is 0 Å². The summed E-state index contributed by atoms with van der Waals surface area (Å²) in [5.41, 5.74) is 2.20. The van der Waals surface area contributed by atoms with E-state index in [4.69, 9.17) is 18.9 Å². The van der Waals surface area contributed by atoms with Crippen LogP contribution in [0, 0.1) is 6.92 Å². The van der Waals surface area contributed by atoms with E-state index >= 15 is 0 Å². The molecule has 4 rings (SSSR count). The molecule has 1 heterocycles. The van der Waals surface area contributed by atoms with Crippen LogP contribution in [-0.4, -0.2) is 44.7 Å². The first-order valence-corrected chi connectivity index (χ1v) is 11.7. The zero-order valence-corrected chi connectivity index (χ0v) is 21.4. The van der Waals surface area contributed by atoms with Crippen molar-refractivity contribution in [3.8, 4) is 23.0 Å². The lowest BCUT2D eigenvalue weighted by atomic mass is 9.94. The van der Waals surface area contributed by atoms with E-state index in [1.807, 2.05) is 13.8 Å². The molecule has 37 heavy (non-hydrogen) atoms. The number of carbonyl (C=O) groups is 2. The smallest absolute Gasteiger partial charge is 0.300 e. The molecule has 1 fully saturated rings. The molecule has 1 N–H and O–H groups in total. The molecule has 0 spiro atoms. The van der Waals surface area contributed by atoms with E-state index in [1.165, 1.54) is 12.0 Å². The number of ether oxygens (including phenoxy) is 4. The number of aryl methyl sites for hydroxylation is 1. The zero-order chi connectivity index (χ0) is 26.7. The van der Waals surface area contributed by atoms with E-state index < -0.39 is 17.7 Å². The number of rotatable bonds is 8. The van der Waals surface area contributed by atoms with Gasteiger partial charge in [-0.05, 0) is 79.6 Å². The third-order valence-corrected chi connectivity index (χ3v) is 6.27. The number of anilines is 1. The zero-order valence-electron chi connectivity index (χ0n) is 21.4. The largest absolute Gasteiger partial charge is 0.507 e. The maximum Gasteiger partial charge on any atom is 0.300 e. The first kappa shape index (κ1) is 25.6. The van der Waals surface area contributed by atoms with Gasteiger partial charge in [0.1, 0.15) is 17.3 Å². The summed E-state index contributed by atoms with van der Waals surface area (Å²) in [6.45, 7) is 4.08. The summed E-state index contributed by atoms with van der Waals surface area (Å²) in [5.74, 6) is 0.396. The molecule has 8 heteroatoms. The van der Waals surface area contributed by atoms with Crippen LogP contribution in [0.2, 0.25) is 0 Å². The highest BCUT2D eigenvalue weighted by atomic mass is 16.5. The van der Waals surface area contributed by atoms with Crippen molar-refractivity contribution in [1.82, 2.24) is 0 Å². The highest BCUT2D eigenvalue weighted by Gasteiger charge is 2.47. The fourth-order valence-electron chi connectivity index (χ4n) is 4.47. The summed E-state index contributed by atoms with van der Waals surface area (Å²) in [6, 6.07) is 16.2. The predicted octanol–water partition coefficient (Wildman–Crippen LogP) is 5.05. The minimum absolute atomic E-state index is 0.0296. The molecule has 192 valence electrons. The number of methoxy groups -OCH3 is 3. The molecule has 1 aliphatic heterocycles. The Morgan fingerprint density at radius 3 is 2.14 bits per heavy atom. The van der Waals surface area contributed by atoms with Crippen molar-refractivity contribution in [1.29, 1.82) is 0 Å². The van der Waals surface area contributed by atoms with Crippen LogP contribution in [0.25, 0.3) is 5.76 Å². The third kappa shape index (κ3) is 4.70. The summed E-state index contributed by atoms with van der Waals surface area (Å²) in [7, 11) is 4.64. The molecular formula is C29H29NO7. The van der Waals surface area contributed by atoms with Crippen molar-refractivity contribution in [3.63, 3.8) is 0 Å². The standard InChI is InChI=1S/C29H29NO7/c1-6-37-24-16-18(7-14-23(24)36-5)26-25(27(31)19-8-13-22(35-4)17(2)15-19)28(32)29(33)30(26)20-9-11-21(34-3)12-10-20/h7-16,26,31H,6H2,1-5H3/b27-25-. The van der Waals surface area contributed by atoms with Gasteiger partial charge < -0.3 is 24.1 Å². The van der Waals surface area contributed by atoms with Gasteiger partial charge in [0.05, 0.1) is 39.6 Å². The number of aliphatic hydroxyl groups excluding tert-OH is 1. The fraction of sp³-hybridized carbons (Fsp3) is 0.241. The molecule has 1 saturated heterocycles. The Balaban J connectivity index is 1.95. The number of aliphatic hydroxyl groups is 1. The lowest BCUT2D eigenvalue weighted by Gasteiger charge is -2.26. The van der Waals surface area contributed by atoms with Gasteiger partial charge in [0.25, 0.3) is 11.7 Å². The molecule has 3 aromatic rings. The molecule has 3 aromatic carbocycles. The van der Waals surface area contributed by atoms with E-state index in [0.29, 0.717) is 46.4 Å². The quantitative estimate of drug-likeness (QED) is 0.261. The monoisotopic (exact) mass is 503 g/mol. The van der Waals surface area contributed by atoms with Crippen molar-refractivity contribution in [2.45, 2.75) is 19.9 Å². The number of hydrogen-bond acceptors (Lipinski definition) is 7. The van der Waals surface area contributed by atoms with Crippen LogP contribution in [0.4, 0.5) is 5.69 Å². The average molecular weight is 504 g/mol. The van der Waals surface area contributed by atoms with Gasteiger partial charge in [-0.2, -0.15) is 0 Å². The summed E-state index contributed by atoms with van der Waals surface area (Å²) in [6.07, 6.45) is 0. The highest BCUT2D eigenvalue weighted by molar-refractivity contribution is 6.51. The van der Waals surface area contributed by atoms with Gasteiger partial charge >= 0.3 is 0 Å². The molecule has 8 nitrogen and oxygen atoms in total.